The van der Waals surface area contributed by atoms with Gasteiger partial charge in [-0.2, -0.15) is 4.98 Å². The molecule has 0 amide bonds. The third-order valence-corrected chi connectivity index (χ3v) is 7.12. The number of imidazole rings is 1. The van der Waals surface area contributed by atoms with Crippen molar-refractivity contribution in [2.45, 2.75) is 12.6 Å². The summed E-state index contributed by atoms with van der Waals surface area (Å²) in [6.07, 6.45) is -0.800. The molecule has 0 aliphatic carbocycles. The number of ether oxygens (including phenoxy) is 4. The van der Waals surface area contributed by atoms with Gasteiger partial charge in [0.25, 0.3) is 5.56 Å². The molecular formula is C26H36N6O9. The van der Waals surface area contributed by atoms with Crippen molar-refractivity contribution in [2.24, 2.45) is 14.1 Å². The summed E-state index contributed by atoms with van der Waals surface area (Å²) in [5.41, 5.74) is -0.480. The summed E-state index contributed by atoms with van der Waals surface area (Å²) in [4.78, 5) is 47.9. The normalized spacial score (nSPS) is 14.8. The van der Waals surface area contributed by atoms with Crippen molar-refractivity contribution in [3.05, 3.63) is 38.5 Å². The molecule has 1 aliphatic heterocycles. The summed E-state index contributed by atoms with van der Waals surface area (Å²) in [5.74, 6) is 0.744. The van der Waals surface area contributed by atoms with Gasteiger partial charge in [0.05, 0.1) is 46.1 Å². The van der Waals surface area contributed by atoms with Gasteiger partial charge in [-0.3, -0.25) is 18.8 Å². The lowest BCUT2D eigenvalue weighted by molar-refractivity contribution is 0.0487. The number of rotatable bonds is 11. The van der Waals surface area contributed by atoms with Crippen LogP contribution in [-0.4, -0.2) is 113 Å². The van der Waals surface area contributed by atoms with Crippen LogP contribution in [-0.2, 0) is 25.4 Å². The highest BCUT2D eigenvalue weighted by Gasteiger charge is 2.26. The van der Waals surface area contributed by atoms with Gasteiger partial charge in [0.1, 0.15) is 6.61 Å². The van der Waals surface area contributed by atoms with Crippen molar-refractivity contribution in [3.63, 3.8) is 0 Å². The minimum absolute atomic E-state index is 0.150. The van der Waals surface area contributed by atoms with Crippen molar-refractivity contribution in [2.75, 3.05) is 72.2 Å². The zero-order chi connectivity index (χ0) is 29.8. The van der Waals surface area contributed by atoms with Crippen LogP contribution < -0.4 is 30.4 Å². The Bertz CT molecular complexity index is 1500. The number of carbonyl (C=O) groups excluding carboxylic acids is 1. The number of β-amino-alcohol motifs (C(OH)–C–C–N with tert-alkyl or cyclic N) is 1. The number of esters is 1. The van der Waals surface area contributed by atoms with Gasteiger partial charge in [0.15, 0.2) is 22.7 Å². The van der Waals surface area contributed by atoms with Crippen LogP contribution in [0, 0.1) is 0 Å². The number of hydrogen-bond donors (Lipinski definition) is 2. The zero-order valence-electron chi connectivity index (χ0n) is 23.8. The number of piperazine rings is 1. The van der Waals surface area contributed by atoms with Gasteiger partial charge in [-0.25, -0.2) is 9.59 Å². The van der Waals surface area contributed by atoms with E-state index in [2.05, 4.69) is 4.98 Å². The smallest absolute Gasteiger partial charge is 0.338 e. The van der Waals surface area contributed by atoms with E-state index in [4.69, 9.17) is 24.1 Å². The molecule has 0 radical (unpaired) electrons. The molecule has 224 valence electrons. The minimum Gasteiger partial charge on any atom is -0.493 e. The first kappa shape index (κ1) is 29.9. The van der Waals surface area contributed by atoms with Crippen LogP contribution in [0.5, 0.6) is 17.2 Å². The van der Waals surface area contributed by atoms with E-state index in [0.717, 1.165) is 4.57 Å². The predicted molar refractivity (Wildman–Crippen MR) is 148 cm³/mol. The summed E-state index contributed by atoms with van der Waals surface area (Å²) in [7, 11) is 7.56. The molecule has 2 aromatic heterocycles. The number of fused-ring (bicyclic) bond motifs is 1. The number of anilines is 1. The number of carbonyl (C=O) groups is 1. The van der Waals surface area contributed by atoms with Gasteiger partial charge in [0, 0.05) is 46.8 Å². The fourth-order valence-electron chi connectivity index (χ4n) is 4.91. The molecule has 15 heteroatoms. The maximum atomic E-state index is 13.4. The summed E-state index contributed by atoms with van der Waals surface area (Å²) in [5, 5.41) is 18.8. The van der Waals surface area contributed by atoms with Gasteiger partial charge in [-0.15, -0.1) is 0 Å². The molecular weight excluding hydrogens is 540 g/mol. The van der Waals surface area contributed by atoms with Crippen LogP contribution in [0.4, 0.5) is 5.95 Å². The molecule has 3 heterocycles. The number of aryl methyl sites for hydroxylation is 2. The lowest BCUT2D eigenvalue weighted by atomic mass is 10.2. The van der Waals surface area contributed by atoms with E-state index in [1.807, 2.05) is 9.80 Å². The second-order valence-electron chi connectivity index (χ2n) is 9.62. The Kier molecular flexibility index (Phi) is 9.20. The van der Waals surface area contributed by atoms with Crippen molar-refractivity contribution < 1.29 is 34.0 Å². The van der Waals surface area contributed by atoms with Crippen molar-refractivity contribution in [3.8, 4) is 17.2 Å². The quantitative estimate of drug-likeness (QED) is 0.262. The molecule has 41 heavy (non-hydrogen) atoms. The molecule has 1 aromatic carbocycles. The Morgan fingerprint density at radius 1 is 1.00 bits per heavy atom. The van der Waals surface area contributed by atoms with Gasteiger partial charge in [0.2, 0.25) is 11.7 Å². The predicted octanol–water partition coefficient (Wildman–Crippen LogP) is -1.21. The molecule has 1 atom stereocenters. The van der Waals surface area contributed by atoms with Crippen LogP contribution >= 0.6 is 0 Å². The third-order valence-electron chi connectivity index (χ3n) is 7.12. The fourth-order valence-corrected chi connectivity index (χ4v) is 4.91. The van der Waals surface area contributed by atoms with E-state index in [9.17, 15) is 19.5 Å². The third kappa shape index (κ3) is 5.87. The molecule has 0 unspecified atom stereocenters. The van der Waals surface area contributed by atoms with Crippen molar-refractivity contribution in [1.82, 2.24) is 23.6 Å². The van der Waals surface area contributed by atoms with Crippen LogP contribution in [0.25, 0.3) is 11.2 Å². The molecule has 3 aromatic rings. The number of nitrogens with zero attached hydrogens (tertiary/aromatic N) is 6. The van der Waals surface area contributed by atoms with Crippen LogP contribution in [0.2, 0.25) is 0 Å². The monoisotopic (exact) mass is 576 g/mol. The SMILES string of the molecule is COc1cc(C(=O)OCCn2c(=O)c3c(nc(N4CCN(C[C@@H](O)CO)CC4)n3C)n(C)c2=O)cc(OC)c1OC. The van der Waals surface area contributed by atoms with E-state index in [1.54, 1.807) is 11.6 Å². The highest BCUT2D eigenvalue weighted by Crippen LogP contribution is 2.38. The molecule has 15 nitrogen and oxygen atoms in total. The van der Waals surface area contributed by atoms with E-state index in [0.29, 0.717) is 44.4 Å². The van der Waals surface area contributed by atoms with Gasteiger partial charge in [-0.05, 0) is 12.1 Å². The fraction of sp³-hybridized carbons (Fsp3) is 0.538. The molecule has 0 saturated carbocycles. The highest BCUT2D eigenvalue weighted by molar-refractivity contribution is 5.91. The van der Waals surface area contributed by atoms with Crippen LogP contribution in [0.1, 0.15) is 10.4 Å². The summed E-state index contributed by atoms with van der Waals surface area (Å²) >= 11 is 0. The Hall–Kier alpha value is -4.08. The number of benzene rings is 1. The molecule has 1 saturated heterocycles. The summed E-state index contributed by atoms with van der Waals surface area (Å²) in [6.45, 7) is 2.14. The maximum Gasteiger partial charge on any atom is 0.338 e. The lowest BCUT2D eigenvalue weighted by Gasteiger charge is -2.35. The highest BCUT2D eigenvalue weighted by atomic mass is 16.5. The van der Waals surface area contributed by atoms with Gasteiger partial charge in [-0.1, -0.05) is 0 Å². The second-order valence-corrected chi connectivity index (χ2v) is 9.62. The first-order chi connectivity index (χ1) is 19.6. The molecule has 1 aliphatic rings. The topological polar surface area (TPSA) is 163 Å². The molecule has 2 N–H and O–H groups in total. The van der Waals surface area contributed by atoms with Gasteiger partial charge >= 0.3 is 11.7 Å². The van der Waals surface area contributed by atoms with Crippen molar-refractivity contribution in [1.29, 1.82) is 0 Å². The Morgan fingerprint density at radius 2 is 1.63 bits per heavy atom. The largest absolute Gasteiger partial charge is 0.493 e. The number of methoxy groups -OCH3 is 3. The van der Waals surface area contributed by atoms with E-state index >= 15 is 0 Å². The lowest BCUT2D eigenvalue weighted by Crippen LogP contribution is -2.49. The number of hydrogen-bond acceptors (Lipinski definition) is 12. The van der Waals surface area contributed by atoms with Crippen LogP contribution in [0.15, 0.2) is 21.7 Å². The van der Waals surface area contributed by atoms with Crippen molar-refractivity contribution >= 4 is 23.1 Å². The number of aliphatic hydroxyl groups is 2. The molecule has 1 fully saturated rings. The minimum atomic E-state index is -0.800. The average molecular weight is 577 g/mol. The average Bonchev–Trinajstić information content (AvgIpc) is 3.34. The second kappa shape index (κ2) is 12.6. The number of aliphatic hydroxyl groups excluding tert-OH is 2. The molecule has 0 bridgehead atoms. The van der Waals surface area contributed by atoms with E-state index in [1.165, 1.54) is 45.1 Å². The first-order valence-electron chi connectivity index (χ1n) is 13.0. The Balaban J connectivity index is 1.52. The van der Waals surface area contributed by atoms with Crippen LogP contribution in [0.3, 0.4) is 0 Å². The Labute approximate surface area is 235 Å². The summed E-state index contributed by atoms with van der Waals surface area (Å²) < 4.78 is 25.2. The van der Waals surface area contributed by atoms with E-state index < -0.39 is 23.3 Å². The standard InChI is InChI=1S/C26H36N6O9/c1-28-20-22(27-25(28)31-8-6-30(7-9-31)14-17(34)15-33)29(2)26(37)32(23(20)35)10-11-41-24(36)16-12-18(38-3)21(40-5)19(13-16)39-4/h12-13,17,33-34H,6-11,14-15H2,1-5H3/t17-/m1/s1. The van der Waals surface area contributed by atoms with Gasteiger partial charge < -0.3 is 38.6 Å². The Morgan fingerprint density at radius 3 is 2.20 bits per heavy atom. The molecule has 0 spiro atoms. The number of aromatic nitrogens is 4. The molecule has 4 rings (SSSR count). The summed E-state index contributed by atoms with van der Waals surface area (Å²) in [6, 6.07) is 2.90. The van der Waals surface area contributed by atoms with E-state index in [-0.39, 0.29) is 48.0 Å². The first-order valence-corrected chi connectivity index (χ1v) is 13.0. The zero-order valence-corrected chi connectivity index (χ0v) is 23.8. The maximum absolute atomic E-state index is 13.4.